The van der Waals surface area contributed by atoms with Gasteiger partial charge in [0.15, 0.2) is 0 Å². The predicted molar refractivity (Wildman–Crippen MR) is 75.6 cm³/mol. The molecule has 0 unspecified atom stereocenters. The Balaban J connectivity index is 3.74. The average molecular weight is 220 g/mol. The number of hydrogen-bond acceptors (Lipinski definition) is 0. The first-order valence-electron chi connectivity index (χ1n) is 6.48. The minimum Gasteiger partial charge on any atom is -0.0914 e. The normalized spacial score (nSPS) is 14.2. The van der Waals surface area contributed by atoms with Gasteiger partial charge in [-0.15, -0.1) is 0 Å². The van der Waals surface area contributed by atoms with Gasteiger partial charge in [0.25, 0.3) is 0 Å². The summed E-state index contributed by atoms with van der Waals surface area (Å²) >= 11 is 0. The Hall–Kier alpha value is -0.780. The predicted octanol–water partition coefficient (Wildman–Crippen LogP) is 5.67. The number of rotatable bonds is 7. The van der Waals surface area contributed by atoms with Crippen LogP contribution in [0.4, 0.5) is 0 Å². The van der Waals surface area contributed by atoms with Crippen molar-refractivity contribution in [3.05, 3.63) is 35.5 Å². The van der Waals surface area contributed by atoms with Gasteiger partial charge >= 0.3 is 0 Å². The van der Waals surface area contributed by atoms with Crippen LogP contribution in [0.15, 0.2) is 35.5 Å². The summed E-state index contributed by atoms with van der Waals surface area (Å²) in [4.78, 5) is 0. The monoisotopic (exact) mass is 220 g/mol. The Bertz CT molecular complexity index is 249. The minimum atomic E-state index is 0.715. The molecule has 0 aliphatic carbocycles. The van der Waals surface area contributed by atoms with E-state index in [0.29, 0.717) is 5.92 Å². The summed E-state index contributed by atoms with van der Waals surface area (Å²) in [6.07, 6.45) is 14.0. The van der Waals surface area contributed by atoms with Crippen LogP contribution in [0.2, 0.25) is 0 Å². The Morgan fingerprint density at radius 1 is 1.06 bits per heavy atom. The Morgan fingerprint density at radius 3 is 2.31 bits per heavy atom. The smallest absolute Gasteiger partial charge is 0.0259 e. The van der Waals surface area contributed by atoms with Crippen molar-refractivity contribution in [1.29, 1.82) is 0 Å². The molecule has 0 saturated heterocycles. The molecule has 0 aromatic carbocycles. The highest BCUT2D eigenvalue weighted by Gasteiger charge is 1.95. The highest BCUT2D eigenvalue weighted by molar-refractivity contribution is 5.02. The van der Waals surface area contributed by atoms with Crippen LogP contribution >= 0.6 is 0 Å². The van der Waals surface area contributed by atoms with E-state index in [9.17, 15) is 0 Å². The van der Waals surface area contributed by atoms with E-state index in [-0.39, 0.29) is 0 Å². The molecule has 0 aromatic rings. The molecule has 1 atom stereocenters. The van der Waals surface area contributed by atoms with E-state index in [1.54, 1.807) is 0 Å². The molecule has 92 valence electrons. The Morgan fingerprint density at radius 2 is 1.75 bits per heavy atom. The molecule has 0 aliphatic heterocycles. The first-order chi connectivity index (χ1) is 7.56. The van der Waals surface area contributed by atoms with Crippen LogP contribution in [-0.4, -0.2) is 0 Å². The van der Waals surface area contributed by atoms with E-state index < -0.39 is 0 Å². The molecule has 0 nitrogen and oxygen atoms in total. The van der Waals surface area contributed by atoms with Crippen molar-refractivity contribution in [2.75, 3.05) is 0 Å². The van der Waals surface area contributed by atoms with Gasteiger partial charge in [0.05, 0.1) is 0 Å². The summed E-state index contributed by atoms with van der Waals surface area (Å²) in [6, 6.07) is 0. The van der Waals surface area contributed by atoms with E-state index in [2.05, 4.69) is 58.9 Å². The molecule has 0 spiro atoms. The van der Waals surface area contributed by atoms with Crippen molar-refractivity contribution in [1.82, 2.24) is 0 Å². The van der Waals surface area contributed by atoms with Gasteiger partial charge in [-0.3, -0.25) is 0 Å². The lowest BCUT2D eigenvalue weighted by molar-refractivity contribution is 0.654. The summed E-state index contributed by atoms with van der Waals surface area (Å²) in [6.45, 7) is 11.0. The van der Waals surface area contributed by atoms with Crippen LogP contribution in [-0.2, 0) is 0 Å². The Kier molecular flexibility index (Phi) is 8.99. The summed E-state index contributed by atoms with van der Waals surface area (Å²) in [5, 5.41) is 0. The molecular formula is C16H28. The van der Waals surface area contributed by atoms with E-state index >= 15 is 0 Å². The lowest BCUT2D eigenvalue weighted by Gasteiger charge is -2.04. The molecule has 0 bridgehead atoms. The topological polar surface area (TPSA) is 0 Å². The zero-order valence-corrected chi connectivity index (χ0v) is 11.7. The fourth-order valence-electron chi connectivity index (χ4n) is 1.71. The van der Waals surface area contributed by atoms with Crippen molar-refractivity contribution < 1.29 is 0 Å². The maximum atomic E-state index is 2.40. The molecule has 16 heavy (non-hydrogen) atoms. The summed E-state index contributed by atoms with van der Waals surface area (Å²) in [7, 11) is 0. The van der Waals surface area contributed by atoms with Gasteiger partial charge < -0.3 is 0 Å². The SMILES string of the molecule is CC=C[C@@H](C)CCC=C(C)CCC=C(C)C. The second-order valence-electron chi connectivity index (χ2n) is 4.95. The Labute approximate surface area is 102 Å². The minimum absolute atomic E-state index is 0.715. The number of hydrogen-bond donors (Lipinski definition) is 0. The van der Waals surface area contributed by atoms with Gasteiger partial charge in [0.1, 0.15) is 0 Å². The largest absolute Gasteiger partial charge is 0.0914 e. The van der Waals surface area contributed by atoms with E-state index in [4.69, 9.17) is 0 Å². The van der Waals surface area contributed by atoms with Gasteiger partial charge in [-0.1, -0.05) is 42.4 Å². The molecule has 0 N–H and O–H groups in total. The molecule has 0 heteroatoms. The van der Waals surface area contributed by atoms with Crippen molar-refractivity contribution in [3.63, 3.8) is 0 Å². The maximum absolute atomic E-state index is 2.40. The van der Waals surface area contributed by atoms with Crippen LogP contribution in [0.5, 0.6) is 0 Å². The molecule has 0 fully saturated rings. The maximum Gasteiger partial charge on any atom is -0.0259 e. The van der Waals surface area contributed by atoms with Crippen molar-refractivity contribution >= 4 is 0 Å². The molecule has 0 saturated carbocycles. The lowest BCUT2D eigenvalue weighted by atomic mass is 10.0. The van der Waals surface area contributed by atoms with E-state index in [0.717, 1.165) is 0 Å². The second-order valence-corrected chi connectivity index (χ2v) is 4.95. The van der Waals surface area contributed by atoms with Crippen molar-refractivity contribution in [2.24, 2.45) is 5.92 Å². The zero-order chi connectivity index (χ0) is 12.4. The molecule has 0 radical (unpaired) electrons. The molecule has 0 rings (SSSR count). The molecule has 0 aliphatic rings. The summed E-state index contributed by atoms with van der Waals surface area (Å²) in [5.74, 6) is 0.715. The quantitative estimate of drug-likeness (QED) is 0.485. The third-order valence-corrected chi connectivity index (χ3v) is 2.73. The zero-order valence-electron chi connectivity index (χ0n) is 11.7. The van der Waals surface area contributed by atoms with Crippen LogP contribution < -0.4 is 0 Å². The third kappa shape index (κ3) is 9.76. The standard InChI is InChI=1S/C16H28/c1-6-9-15(4)12-8-13-16(5)11-7-10-14(2)3/h6,9-10,13,15H,7-8,11-12H2,1-5H3/t15-/m1/s1. The van der Waals surface area contributed by atoms with Crippen molar-refractivity contribution in [2.45, 2.75) is 60.3 Å². The van der Waals surface area contributed by atoms with Crippen LogP contribution in [0.3, 0.4) is 0 Å². The molecule has 0 amide bonds. The fourth-order valence-corrected chi connectivity index (χ4v) is 1.71. The van der Waals surface area contributed by atoms with Gasteiger partial charge in [0, 0.05) is 0 Å². The third-order valence-electron chi connectivity index (χ3n) is 2.73. The number of allylic oxidation sites excluding steroid dienone is 6. The first kappa shape index (κ1) is 15.2. The van der Waals surface area contributed by atoms with Gasteiger partial charge in [-0.2, -0.15) is 0 Å². The highest BCUT2D eigenvalue weighted by atomic mass is 14.0. The molecule has 0 aromatic heterocycles. The fraction of sp³-hybridized carbons (Fsp3) is 0.625. The highest BCUT2D eigenvalue weighted by Crippen LogP contribution is 2.12. The molecular weight excluding hydrogens is 192 g/mol. The second kappa shape index (κ2) is 9.45. The van der Waals surface area contributed by atoms with Crippen molar-refractivity contribution in [3.8, 4) is 0 Å². The van der Waals surface area contributed by atoms with Gasteiger partial charge in [0.2, 0.25) is 0 Å². The van der Waals surface area contributed by atoms with Crippen LogP contribution in [0.1, 0.15) is 60.3 Å². The molecule has 0 heterocycles. The van der Waals surface area contributed by atoms with Crippen LogP contribution in [0, 0.1) is 5.92 Å². The summed E-state index contributed by atoms with van der Waals surface area (Å²) in [5.41, 5.74) is 2.96. The van der Waals surface area contributed by atoms with Crippen LogP contribution in [0.25, 0.3) is 0 Å². The average Bonchev–Trinajstić information content (AvgIpc) is 2.17. The van der Waals surface area contributed by atoms with Gasteiger partial charge in [-0.05, 0) is 59.3 Å². The van der Waals surface area contributed by atoms with Gasteiger partial charge in [-0.25, -0.2) is 0 Å². The van der Waals surface area contributed by atoms with E-state index in [1.807, 2.05) is 0 Å². The van der Waals surface area contributed by atoms with E-state index in [1.165, 1.54) is 36.8 Å². The first-order valence-corrected chi connectivity index (χ1v) is 6.48. The lowest BCUT2D eigenvalue weighted by Crippen LogP contribution is -1.88. The summed E-state index contributed by atoms with van der Waals surface area (Å²) < 4.78 is 0.